The van der Waals surface area contributed by atoms with Crippen LogP contribution in [0.5, 0.6) is 0 Å². The van der Waals surface area contributed by atoms with E-state index in [0.29, 0.717) is 23.6 Å². The van der Waals surface area contributed by atoms with Crippen LogP contribution >= 0.6 is 0 Å². The van der Waals surface area contributed by atoms with E-state index < -0.39 is 12.5 Å². The normalized spacial score (nSPS) is 14.7. The highest BCUT2D eigenvalue weighted by atomic mass is 19.3. The first-order valence-corrected chi connectivity index (χ1v) is 11.4. The van der Waals surface area contributed by atoms with Gasteiger partial charge in [-0.05, 0) is 37.6 Å². The molecule has 5 rings (SSSR count). The number of allylic oxidation sites excluding steroid dienone is 1. The van der Waals surface area contributed by atoms with Crippen LogP contribution in [0, 0.1) is 0 Å². The Morgan fingerprint density at radius 2 is 2.06 bits per heavy atom. The molecule has 0 aliphatic carbocycles. The lowest BCUT2D eigenvalue weighted by Gasteiger charge is -2.26. The first-order valence-electron chi connectivity index (χ1n) is 11.4. The summed E-state index contributed by atoms with van der Waals surface area (Å²) in [4.78, 5) is 34.2. The molecule has 2 N–H and O–H groups in total. The molecule has 3 aromatic heterocycles. The van der Waals surface area contributed by atoms with Crippen LogP contribution < -0.4 is 21.8 Å². The zero-order valence-corrected chi connectivity index (χ0v) is 19.7. The van der Waals surface area contributed by atoms with Crippen molar-refractivity contribution in [2.24, 2.45) is 0 Å². The van der Waals surface area contributed by atoms with Crippen molar-refractivity contribution >= 4 is 22.7 Å². The summed E-state index contributed by atoms with van der Waals surface area (Å²) in [5.41, 5.74) is 0.650. The number of rotatable bonds is 6. The zero-order valence-electron chi connectivity index (χ0n) is 19.7. The lowest BCUT2D eigenvalue weighted by molar-refractivity contribution is -0.0107. The third-order valence-corrected chi connectivity index (χ3v) is 5.91. The zero-order chi connectivity index (χ0) is 25.6. The van der Waals surface area contributed by atoms with Gasteiger partial charge in [0.2, 0.25) is 5.95 Å². The van der Waals surface area contributed by atoms with E-state index in [-0.39, 0.29) is 46.3 Å². The fourth-order valence-electron chi connectivity index (χ4n) is 4.26. The number of halogens is 2. The Kier molecular flexibility index (Phi) is 5.75. The number of nitrogens with zero attached hydrogens (tertiary/aromatic N) is 6. The second-order valence-corrected chi connectivity index (χ2v) is 8.79. The van der Waals surface area contributed by atoms with Crippen LogP contribution in [-0.2, 0) is 19.0 Å². The minimum absolute atomic E-state index is 0.00939. The van der Waals surface area contributed by atoms with Gasteiger partial charge >= 0.3 is 0 Å². The fraction of sp³-hybridized carbons (Fsp3) is 0.292. The van der Waals surface area contributed by atoms with Crippen LogP contribution in [0.1, 0.15) is 31.0 Å². The van der Waals surface area contributed by atoms with Crippen molar-refractivity contribution in [1.82, 2.24) is 34.4 Å². The highest BCUT2D eigenvalue weighted by molar-refractivity contribution is 5.77. The molecule has 1 aliphatic rings. The maximum absolute atomic E-state index is 14.2. The highest BCUT2D eigenvalue weighted by Crippen LogP contribution is 2.34. The molecule has 4 heterocycles. The Hall–Kier alpha value is -4.19. The van der Waals surface area contributed by atoms with Gasteiger partial charge in [0.05, 0.1) is 19.1 Å². The Labute approximate surface area is 203 Å². The molecule has 36 heavy (non-hydrogen) atoms. The van der Waals surface area contributed by atoms with Crippen molar-refractivity contribution in [3.63, 3.8) is 0 Å². The summed E-state index contributed by atoms with van der Waals surface area (Å²) < 4.78 is 32.6. The number of fused-ring (bicyclic) bond motifs is 2. The maximum atomic E-state index is 14.2. The maximum Gasteiger partial charge on any atom is 0.285 e. The van der Waals surface area contributed by atoms with Crippen molar-refractivity contribution in [1.29, 1.82) is 0 Å². The quantitative estimate of drug-likeness (QED) is 0.397. The lowest BCUT2D eigenvalue weighted by Crippen LogP contribution is -2.36. The number of benzene rings is 1. The molecule has 0 atom stereocenters. The molecule has 186 valence electrons. The van der Waals surface area contributed by atoms with E-state index in [0.717, 1.165) is 0 Å². The summed E-state index contributed by atoms with van der Waals surface area (Å²) in [6.45, 7) is 7.48. The number of hydrogen-bond acceptors (Lipinski definition) is 7. The topological polar surface area (TPSA) is 112 Å². The molecule has 0 unspecified atom stereocenters. The average Bonchev–Trinajstić information content (AvgIpc) is 3.10. The molecule has 0 bridgehead atoms. The molecular formula is C24H24F2N8O2. The van der Waals surface area contributed by atoms with E-state index in [1.54, 1.807) is 18.2 Å². The second-order valence-electron chi connectivity index (χ2n) is 8.79. The summed E-state index contributed by atoms with van der Waals surface area (Å²) in [7, 11) is 0. The van der Waals surface area contributed by atoms with E-state index in [9.17, 15) is 18.4 Å². The van der Waals surface area contributed by atoms with Crippen molar-refractivity contribution < 1.29 is 8.78 Å². The van der Waals surface area contributed by atoms with E-state index >= 15 is 0 Å². The fourth-order valence-corrected chi connectivity index (χ4v) is 4.26. The number of alkyl halides is 2. The Balaban J connectivity index is 1.62. The number of anilines is 2. The first kappa shape index (κ1) is 23.5. The molecule has 0 fully saturated rings. The highest BCUT2D eigenvalue weighted by Gasteiger charge is 2.36. The standard InChI is InChI=1S/C24H24F2N8O2/c1-4-9-32-22(36)17-12-28-23(29-16-5-6-18-15(10-16)11-27-13-24(18,25)26)30-21(17)34(32)19-7-8-20(35)33(31-19)14(2)3/h4-8,10,12,14,27H,1,9,11,13H2,2-3H3,(H,28,29,30). The van der Waals surface area contributed by atoms with Crippen molar-refractivity contribution in [3.8, 4) is 5.82 Å². The summed E-state index contributed by atoms with van der Waals surface area (Å²) >= 11 is 0. The van der Waals surface area contributed by atoms with Crippen molar-refractivity contribution in [2.45, 2.75) is 38.9 Å². The van der Waals surface area contributed by atoms with Gasteiger partial charge in [0.15, 0.2) is 11.5 Å². The lowest BCUT2D eigenvalue weighted by atomic mass is 9.97. The van der Waals surface area contributed by atoms with E-state index in [1.807, 2.05) is 13.8 Å². The number of nitrogens with one attached hydrogen (secondary N) is 2. The summed E-state index contributed by atoms with van der Waals surface area (Å²) in [5.74, 6) is -2.45. The molecule has 0 saturated carbocycles. The molecule has 12 heteroatoms. The van der Waals surface area contributed by atoms with Crippen molar-refractivity contribution in [2.75, 3.05) is 11.9 Å². The van der Waals surface area contributed by atoms with E-state index in [4.69, 9.17) is 0 Å². The molecule has 1 aliphatic heterocycles. The summed E-state index contributed by atoms with van der Waals surface area (Å²) in [5, 5.41) is 10.4. The van der Waals surface area contributed by atoms with Crippen LogP contribution in [0.15, 0.2) is 58.8 Å². The number of hydrogen-bond donors (Lipinski definition) is 2. The van der Waals surface area contributed by atoms with Gasteiger partial charge in [-0.3, -0.25) is 9.59 Å². The van der Waals surface area contributed by atoms with Crippen molar-refractivity contribution in [3.05, 3.63) is 81.0 Å². The summed E-state index contributed by atoms with van der Waals surface area (Å²) in [6.07, 6.45) is 2.97. The van der Waals surface area contributed by atoms with Gasteiger partial charge in [-0.1, -0.05) is 12.1 Å². The van der Waals surface area contributed by atoms with Gasteiger partial charge < -0.3 is 10.6 Å². The van der Waals surface area contributed by atoms with E-state index in [1.165, 1.54) is 38.4 Å². The third-order valence-electron chi connectivity index (χ3n) is 5.91. The summed E-state index contributed by atoms with van der Waals surface area (Å²) in [6, 6.07) is 7.27. The molecule has 10 nitrogen and oxygen atoms in total. The Morgan fingerprint density at radius 3 is 2.81 bits per heavy atom. The minimum Gasteiger partial charge on any atom is -0.324 e. The SMILES string of the molecule is C=CCn1c(=O)c2cnc(Nc3ccc4c(c3)CNCC4(F)F)nc2n1-c1ccc(=O)n(C(C)C)n1. The second kappa shape index (κ2) is 8.79. The van der Waals surface area contributed by atoms with Crippen LogP contribution in [0.2, 0.25) is 0 Å². The molecule has 1 aromatic carbocycles. The molecule has 0 spiro atoms. The predicted molar refractivity (Wildman–Crippen MR) is 131 cm³/mol. The van der Waals surface area contributed by atoms with Gasteiger partial charge in [-0.25, -0.2) is 19.0 Å². The largest absolute Gasteiger partial charge is 0.324 e. The van der Waals surface area contributed by atoms with Crippen LogP contribution in [-0.4, -0.2) is 35.7 Å². The van der Waals surface area contributed by atoms with Gasteiger partial charge in [0, 0.05) is 30.1 Å². The molecular weight excluding hydrogens is 470 g/mol. The van der Waals surface area contributed by atoms with Gasteiger partial charge in [0.25, 0.3) is 17.0 Å². The van der Waals surface area contributed by atoms with Gasteiger partial charge in [-0.2, -0.15) is 13.8 Å². The Bertz CT molecular complexity index is 1600. The van der Waals surface area contributed by atoms with E-state index in [2.05, 4.69) is 32.3 Å². The van der Waals surface area contributed by atoms with Crippen LogP contribution in [0.4, 0.5) is 20.4 Å². The number of aromatic nitrogens is 6. The average molecular weight is 495 g/mol. The predicted octanol–water partition coefficient (Wildman–Crippen LogP) is 2.84. The van der Waals surface area contributed by atoms with Crippen LogP contribution in [0.3, 0.4) is 0 Å². The molecule has 0 radical (unpaired) electrons. The van der Waals surface area contributed by atoms with Gasteiger partial charge in [0.1, 0.15) is 5.39 Å². The molecule has 4 aromatic rings. The first-order chi connectivity index (χ1) is 17.2. The van der Waals surface area contributed by atoms with Crippen LogP contribution in [0.25, 0.3) is 16.9 Å². The monoisotopic (exact) mass is 494 g/mol. The third kappa shape index (κ3) is 3.98. The molecule has 0 saturated heterocycles. The Morgan fingerprint density at radius 1 is 1.25 bits per heavy atom. The molecule has 0 amide bonds. The minimum atomic E-state index is -2.94. The smallest absolute Gasteiger partial charge is 0.285 e. The van der Waals surface area contributed by atoms with Gasteiger partial charge in [-0.15, -0.1) is 11.7 Å².